The Morgan fingerprint density at radius 3 is 2.63 bits per heavy atom. The molecule has 7 heteroatoms. The molecule has 1 amide bonds. The summed E-state index contributed by atoms with van der Waals surface area (Å²) in [7, 11) is 1.41. The third-order valence-corrected chi connectivity index (χ3v) is 3.69. The van der Waals surface area contributed by atoms with Gasteiger partial charge < -0.3 is 14.2 Å². The van der Waals surface area contributed by atoms with Crippen LogP contribution in [-0.4, -0.2) is 54.2 Å². The molecule has 0 spiro atoms. The van der Waals surface area contributed by atoms with Crippen LogP contribution >= 0.6 is 0 Å². The molecule has 0 bridgehead atoms. The zero-order valence-corrected chi connectivity index (χ0v) is 11.1. The van der Waals surface area contributed by atoms with E-state index >= 15 is 0 Å². The molecule has 19 heavy (non-hydrogen) atoms. The number of ether oxygens (including phenoxy) is 3. The lowest BCUT2D eigenvalue weighted by Gasteiger charge is -2.30. The van der Waals surface area contributed by atoms with Gasteiger partial charge in [0.25, 0.3) is 5.91 Å². The van der Waals surface area contributed by atoms with Crippen LogP contribution in [0, 0.1) is 0 Å². The van der Waals surface area contributed by atoms with Crippen molar-refractivity contribution < 1.29 is 28.6 Å². The number of hydrogen-bond donors (Lipinski definition) is 0. The number of carbonyl (C=O) groups excluding carboxylic acids is 2. The molecule has 3 aliphatic heterocycles. The third kappa shape index (κ3) is 1.92. The van der Waals surface area contributed by atoms with Crippen LogP contribution in [0.3, 0.4) is 0 Å². The maximum absolute atomic E-state index is 12.2. The minimum absolute atomic E-state index is 0.255. The van der Waals surface area contributed by atoms with Gasteiger partial charge in [-0.15, -0.1) is 0 Å². The molecular weight excluding hydrogens is 254 g/mol. The van der Waals surface area contributed by atoms with Crippen molar-refractivity contribution >= 4 is 11.9 Å². The number of fused-ring (bicyclic) bond motifs is 1. The van der Waals surface area contributed by atoms with Crippen molar-refractivity contribution in [3.05, 3.63) is 0 Å². The van der Waals surface area contributed by atoms with Crippen molar-refractivity contribution in [1.82, 2.24) is 5.06 Å². The number of nitrogens with zero attached hydrogens (tertiary/aromatic N) is 1. The monoisotopic (exact) mass is 271 g/mol. The fourth-order valence-electron chi connectivity index (χ4n) is 3.00. The second-order valence-corrected chi connectivity index (χ2v) is 5.42. The van der Waals surface area contributed by atoms with Crippen LogP contribution in [-0.2, 0) is 28.6 Å². The van der Waals surface area contributed by atoms with E-state index in [4.69, 9.17) is 19.0 Å². The Morgan fingerprint density at radius 1 is 1.32 bits per heavy atom. The molecule has 0 aliphatic carbocycles. The van der Waals surface area contributed by atoms with Crippen molar-refractivity contribution in [2.75, 3.05) is 7.11 Å². The molecule has 4 atom stereocenters. The summed E-state index contributed by atoms with van der Waals surface area (Å²) in [5.41, 5.74) is 0. The van der Waals surface area contributed by atoms with Gasteiger partial charge in [-0.3, -0.25) is 14.4 Å². The predicted molar refractivity (Wildman–Crippen MR) is 60.6 cm³/mol. The molecule has 3 saturated heterocycles. The highest BCUT2D eigenvalue weighted by molar-refractivity contribution is 5.84. The Kier molecular flexibility index (Phi) is 2.81. The van der Waals surface area contributed by atoms with Gasteiger partial charge in [-0.25, -0.2) is 5.06 Å². The fourth-order valence-corrected chi connectivity index (χ4v) is 3.00. The van der Waals surface area contributed by atoms with Crippen LogP contribution in [0.5, 0.6) is 0 Å². The summed E-state index contributed by atoms with van der Waals surface area (Å²) in [5, 5.41) is 1.22. The highest BCUT2D eigenvalue weighted by Gasteiger charge is 2.61. The highest BCUT2D eigenvalue weighted by atomic mass is 16.8. The third-order valence-electron chi connectivity index (χ3n) is 3.69. The van der Waals surface area contributed by atoms with E-state index in [1.807, 2.05) is 0 Å². The maximum Gasteiger partial charge on any atom is 0.306 e. The Labute approximate surface area is 110 Å². The van der Waals surface area contributed by atoms with Crippen LogP contribution in [0.1, 0.15) is 26.7 Å². The molecule has 0 aromatic heterocycles. The molecule has 0 unspecified atom stereocenters. The minimum atomic E-state index is -0.814. The first-order chi connectivity index (χ1) is 8.93. The van der Waals surface area contributed by atoms with Gasteiger partial charge in [0, 0.05) is 6.42 Å². The Hall–Kier alpha value is -1.18. The summed E-state index contributed by atoms with van der Waals surface area (Å²) in [6.07, 6.45) is -0.653. The average Bonchev–Trinajstić information content (AvgIpc) is 2.94. The highest BCUT2D eigenvalue weighted by Crippen LogP contribution is 2.40. The molecule has 3 aliphatic rings. The molecule has 106 valence electrons. The van der Waals surface area contributed by atoms with E-state index in [0.29, 0.717) is 12.8 Å². The van der Waals surface area contributed by atoms with E-state index in [1.54, 1.807) is 13.8 Å². The standard InChI is InChI=1S/C12H17NO6/c1-12(2)18-9-8(6-4-5-7(14)17-6)13(16-3)11(15)10(9)19-12/h6,8-10H,4-5H2,1-3H3/t6-,8-,9-,10-/m0/s1. The van der Waals surface area contributed by atoms with Gasteiger partial charge in [-0.2, -0.15) is 0 Å². The number of hydroxylamine groups is 2. The van der Waals surface area contributed by atoms with Gasteiger partial charge >= 0.3 is 5.97 Å². The van der Waals surface area contributed by atoms with Crippen molar-refractivity contribution in [2.24, 2.45) is 0 Å². The lowest BCUT2D eigenvalue weighted by Crippen LogP contribution is -2.47. The summed E-state index contributed by atoms with van der Waals surface area (Å²) in [6.45, 7) is 3.51. The van der Waals surface area contributed by atoms with Gasteiger partial charge in [-0.1, -0.05) is 0 Å². The average molecular weight is 271 g/mol. The van der Waals surface area contributed by atoms with Crippen LogP contribution in [0.4, 0.5) is 0 Å². The van der Waals surface area contributed by atoms with E-state index < -0.39 is 30.1 Å². The van der Waals surface area contributed by atoms with E-state index in [2.05, 4.69) is 0 Å². The first-order valence-electron chi connectivity index (χ1n) is 6.35. The lowest BCUT2D eigenvalue weighted by atomic mass is 10.0. The normalized spacial score (nSPS) is 40.7. The second-order valence-electron chi connectivity index (χ2n) is 5.42. The van der Waals surface area contributed by atoms with Crippen LogP contribution in [0.2, 0.25) is 0 Å². The summed E-state index contributed by atoms with van der Waals surface area (Å²) in [4.78, 5) is 28.6. The minimum Gasteiger partial charge on any atom is -0.460 e. The summed E-state index contributed by atoms with van der Waals surface area (Å²) < 4.78 is 16.6. The Balaban J connectivity index is 1.87. The molecule has 3 rings (SSSR count). The van der Waals surface area contributed by atoms with Gasteiger partial charge in [0.1, 0.15) is 18.2 Å². The van der Waals surface area contributed by atoms with Crippen LogP contribution < -0.4 is 0 Å². The predicted octanol–water partition coefficient (Wildman–Crippen LogP) is -0.0157. The van der Waals surface area contributed by atoms with Crippen LogP contribution in [0.15, 0.2) is 0 Å². The van der Waals surface area contributed by atoms with Crippen molar-refractivity contribution in [2.45, 2.75) is 56.8 Å². The molecule has 3 heterocycles. The zero-order valence-electron chi connectivity index (χ0n) is 11.1. The van der Waals surface area contributed by atoms with Crippen LogP contribution in [0.25, 0.3) is 0 Å². The topological polar surface area (TPSA) is 74.3 Å². The largest absolute Gasteiger partial charge is 0.460 e. The van der Waals surface area contributed by atoms with E-state index in [-0.39, 0.29) is 11.9 Å². The molecule has 0 saturated carbocycles. The van der Waals surface area contributed by atoms with Crippen molar-refractivity contribution in [3.8, 4) is 0 Å². The Bertz CT molecular complexity index is 422. The molecule has 0 radical (unpaired) electrons. The number of rotatable bonds is 2. The lowest BCUT2D eigenvalue weighted by molar-refractivity contribution is -0.223. The number of carbonyl (C=O) groups is 2. The maximum atomic E-state index is 12.2. The molecule has 0 aromatic carbocycles. The molecule has 0 aromatic rings. The zero-order chi connectivity index (χ0) is 13.8. The quantitative estimate of drug-likeness (QED) is 0.657. The van der Waals surface area contributed by atoms with E-state index in [0.717, 1.165) is 0 Å². The second kappa shape index (κ2) is 4.16. The number of amides is 1. The molecule has 0 N–H and O–H groups in total. The first kappa shape index (κ1) is 12.8. The van der Waals surface area contributed by atoms with E-state index in [9.17, 15) is 9.59 Å². The van der Waals surface area contributed by atoms with E-state index in [1.165, 1.54) is 12.2 Å². The van der Waals surface area contributed by atoms with Crippen molar-refractivity contribution in [3.63, 3.8) is 0 Å². The van der Waals surface area contributed by atoms with Crippen molar-refractivity contribution in [1.29, 1.82) is 0 Å². The Morgan fingerprint density at radius 2 is 2.05 bits per heavy atom. The van der Waals surface area contributed by atoms with Gasteiger partial charge in [0.05, 0.1) is 7.11 Å². The SMILES string of the molecule is CON1C(=O)[C@H]2OC(C)(C)O[C@H]2[C@@H]1[C@@H]1CCC(=O)O1. The van der Waals surface area contributed by atoms with Gasteiger partial charge in [0.2, 0.25) is 0 Å². The smallest absolute Gasteiger partial charge is 0.306 e. The summed E-state index contributed by atoms with van der Waals surface area (Å²) in [5.74, 6) is -1.35. The number of esters is 1. The van der Waals surface area contributed by atoms with Gasteiger partial charge in [-0.05, 0) is 20.3 Å². The molecular formula is C12H17NO6. The summed E-state index contributed by atoms with van der Waals surface area (Å²) in [6, 6.07) is -0.448. The molecule has 3 fully saturated rings. The number of hydrogen-bond acceptors (Lipinski definition) is 6. The first-order valence-corrected chi connectivity index (χ1v) is 6.35. The molecule has 7 nitrogen and oxygen atoms in total. The fraction of sp³-hybridized carbons (Fsp3) is 0.833. The van der Waals surface area contributed by atoms with Gasteiger partial charge in [0.15, 0.2) is 11.9 Å². The summed E-state index contributed by atoms with van der Waals surface area (Å²) >= 11 is 0. The number of cyclic esters (lactones) is 1.